The number of hydrogen-bond donors (Lipinski definition) is 0. The number of para-hydroxylation sites is 1. The summed E-state index contributed by atoms with van der Waals surface area (Å²) >= 11 is 0. The molecule has 1 saturated heterocycles. The van der Waals surface area contributed by atoms with E-state index in [0.29, 0.717) is 6.42 Å². The van der Waals surface area contributed by atoms with Gasteiger partial charge in [0.2, 0.25) is 0 Å². The number of carbonyl (C=O) groups is 1. The maximum atomic E-state index is 13.5. The molecule has 1 aliphatic rings. The lowest BCUT2D eigenvalue weighted by molar-refractivity contribution is -0.139. The first-order chi connectivity index (χ1) is 9.22. The summed E-state index contributed by atoms with van der Waals surface area (Å²) in [6.07, 6.45) is 3.22. The first kappa shape index (κ1) is 13.8. The molecule has 1 atom stereocenters. The molecule has 1 aromatic carbocycles. The first-order valence-electron chi connectivity index (χ1n) is 6.92. The van der Waals surface area contributed by atoms with Crippen LogP contribution in [-0.2, 0) is 4.79 Å². The van der Waals surface area contributed by atoms with Crippen molar-refractivity contribution in [1.82, 2.24) is 4.90 Å². The Morgan fingerprint density at radius 2 is 2.00 bits per heavy atom. The molecule has 0 aliphatic carbocycles. The number of carbonyl (C=O) groups excluding carboxylic acids is 1. The quantitative estimate of drug-likeness (QED) is 0.837. The largest absolute Gasteiger partial charge is 0.478 e. The van der Waals surface area contributed by atoms with Crippen molar-refractivity contribution in [2.24, 2.45) is 0 Å². The van der Waals surface area contributed by atoms with Gasteiger partial charge in [-0.05, 0) is 37.8 Å². The Bertz CT molecular complexity index is 430. The van der Waals surface area contributed by atoms with E-state index in [4.69, 9.17) is 4.74 Å². The molecule has 1 heterocycles. The molecule has 1 aromatic rings. The van der Waals surface area contributed by atoms with Gasteiger partial charge < -0.3 is 9.64 Å². The zero-order chi connectivity index (χ0) is 13.7. The maximum absolute atomic E-state index is 13.5. The van der Waals surface area contributed by atoms with Crippen LogP contribution in [0.5, 0.6) is 5.75 Å². The van der Waals surface area contributed by atoms with E-state index in [2.05, 4.69) is 0 Å². The number of ether oxygens (including phenoxy) is 1. The Morgan fingerprint density at radius 1 is 1.32 bits per heavy atom. The number of benzene rings is 1. The molecule has 104 valence electrons. The van der Waals surface area contributed by atoms with Gasteiger partial charge in [0.25, 0.3) is 5.91 Å². The van der Waals surface area contributed by atoms with Crippen LogP contribution in [0.3, 0.4) is 0 Å². The third-order valence-corrected chi connectivity index (χ3v) is 3.42. The van der Waals surface area contributed by atoms with Crippen LogP contribution >= 0.6 is 0 Å². The van der Waals surface area contributed by atoms with Gasteiger partial charge in [-0.15, -0.1) is 0 Å². The molecule has 0 aromatic heterocycles. The Morgan fingerprint density at radius 3 is 2.63 bits per heavy atom. The van der Waals surface area contributed by atoms with Crippen molar-refractivity contribution in [1.29, 1.82) is 0 Å². The highest BCUT2D eigenvalue weighted by molar-refractivity contribution is 5.81. The van der Waals surface area contributed by atoms with E-state index in [1.54, 1.807) is 18.2 Å². The van der Waals surface area contributed by atoms with Gasteiger partial charge in [0, 0.05) is 13.1 Å². The van der Waals surface area contributed by atoms with Crippen LogP contribution in [0, 0.1) is 5.82 Å². The summed E-state index contributed by atoms with van der Waals surface area (Å²) < 4.78 is 19.1. The van der Waals surface area contributed by atoms with Crippen LogP contribution in [-0.4, -0.2) is 30.0 Å². The monoisotopic (exact) mass is 265 g/mol. The van der Waals surface area contributed by atoms with Crippen molar-refractivity contribution >= 4 is 5.91 Å². The summed E-state index contributed by atoms with van der Waals surface area (Å²) in [5, 5.41) is 0. The molecular formula is C15H20FNO2. The van der Waals surface area contributed by atoms with E-state index in [9.17, 15) is 9.18 Å². The van der Waals surface area contributed by atoms with E-state index < -0.39 is 11.9 Å². The lowest BCUT2D eigenvalue weighted by Crippen LogP contribution is -2.44. The van der Waals surface area contributed by atoms with Crippen LogP contribution in [0.15, 0.2) is 24.3 Å². The summed E-state index contributed by atoms with van der Waals surface area (Å²) in [5.74, 6) is -0.294. The molecule has 1 aliphatic heterocycles. The summed E-state index contributed by atoms with van der Waals surface area (Å²) in [5.41, 5.74) is 0. The van der Waals surface area contributed by atoms with Gasteiger partial charge in [-0.1, -0.05) is 19.1 Å². The van der Waals surface area contributed by atoms with Gasteiger partial charge in [-0.25, -0.2) is 4.39 Å². The highest BCUT2D eigenvalue weighted by Crippen LogP contribution is 2.20. The highest BCUT2D eigenvalue weighted by atomic mass is 19.1. The number of hydrogen-bond acceptors (Lipinski definition) is 2. The van der Waals surface area contributed by atoms with E-state index in [1.165, 1.54) is 12.5 Å². The number of likely N-dealkylation sites (tertiary alicyclic amines) is 1. The topological polar surface area (TPSA) is 29.5 Å². The van der Waals surface area contributed by atoms with E-state index >= 15 is 0 Å². The minimum absolute atomic E-state index is 0.0227. The molecule has 3 nitrogen and oxygen atoms in total. The summed E-state index contributed by atoms with van der Waals surface area (Å²) in [4.78, 5) is 14.2. The molecule has 19 heavy (non-hydrogen) atoms. The number of piperidine rings is 1. The normalized spacial score (nSPS) is 17.1. The van der Waals surface area contributed by atoms with E-state index in [-0.39, 0.29) is 11.7 Å². The van der Waals surface area contributed by atoms with Gasteiger partial charge in [0.15, 0.2) is 17.7 Å². The number of halogens is 1. The second kappa shape index (κ2) is 6.55. The lowest BCUT2D eigenvalue weighted by atomic mass is 10.1. The Hall–Kier alpha value is -1.58. The minimum atomic E-state index is -0.588. The summed E-state index contributed by atoms with van der Waals surface area (Å²) in [6.45, 7) is 3.46. The molecule has 0 saturated carbocycles. The van der Waals surface area contributed by atoms with Crippen molar-refractivity contribution in [2.75, 3.05) is 13.1 Å². The van der Waals surface area contributed by atoms with E-state index in [0.717, 1.165) is 25.9 Å². The smallest absolute Gasteiger partial charge is 0.263 e. The SMILES string of the molecule is CC[C@H](Oc1ccccc1F)C(=O)N1CCCCC1. The van der Waals surface area contributed by atoms with Crippen molar-refractivity contribution in [2.45, 2.75) is 38.7 Å². The van der Waals surface area contributed by atoms with Gasteiger partial charge in [-0.3, -0.25) is 4.79 Å². The second-order valence-electron chi connectivity index (χ2n) is 4.83. The lowest BCUT2D eigenvalue weighted by Gasteiger charge is -2.30. The average molecular weight is 265 g/mol. The molecule has 0 radical (unpaired) electrons. The summed E-state index contributed by atoms with van der Waals surface area (Å²) in [6, 6.07) is 6.21. The fraction of sp³-hybridized carbons (Fsp3) is 0.533. The molecule has 0 bridgehead atoms. The molecule has 0 unspecified atom stereocenters. The van der Waals surface area contributed by atoms with Crippen LogP contribution in [0.4, 0.5) is 4.39 Å². The molecule has 1 amide bonds. The molecule has 1 fully saturated rings. The standard InChI is InChI=1S/C15H20FNO2/c1-2-13(15(18)17-10-6-3-7-11-17)19-14-9-5-4-8-12(14)16/h4-5,8-9,13H,2-3,6-7,10-11H2,1H3/t13-/m0/s1. The summed E-state index contributed by atoms with van der Waals surface area (Å²) in [7, 11) is 0. The zero-order valence-electron chi connectivity index (χ0n) is 11.3. The molecular weight excluding hydrogens is 245 g/mol. The fourth-order valence-corrected chi connectivity index (χ4v) is 2.32. The molecule has 0 spiro atoms. The highest BCUT2D eigenvalue weighted by Gasteiger charge is 2.26. The third-order valence-electron chi connectivity index (χ3n) is 3.42. The van der Waals surface area contributed by atoms with Crippen molar-refractivity contribution in [3.63, 3.8) is 0 Å². The first-order valence-corrected chi connectivity index (χ1v) is 6.92. The van der Waals surface area contributed by atoms with Gasteiger partial charge >= 0.3 is 0 Å². The van der Waals surface area contributed by atoms with Gasteiger partial charge in [0.05, 0.1) is 0 Å². The Labute approximate surface area is 113 Å². The Balaban J connectivity index is 2.03. The van der Waals surface area contributed by atoms with Crippen LogP contribution in [0.25, 0.3) is 0 Å². The van der Waals surface area contributed by atoms with Crippen LogP contribution in [0.2, 0.25) is 0 Å². The maximum Gasteiger partial charge on any atom is 0.263 e. The number of amides is 1. The molecule has 4 heteroatoms. The number of nitrogens with zero attached hydrogens (tertiary/aromatic N) is 1. The predicted molar refractivity (Wildman–Crippen MR) is 71.5 cm³/mol. The average Bonchev–Trinajstić information content (AvgIpc) is 2.47. The predicted octanol–water partition coefficient (Wildman–Crippen LogP) is 3.00. The van der Waals surface area contributed by atoms with Crippen molar-refractivity contribution < 1.29 is 13.9 Å². The molecule has 0 N–H and O–H groups in total. The fourth-order valence-electron chi connectivity index (χ4n) is 2.32. The Kier molecular flexibility index (Phi) is 4.77. The number of rotatable bonds is 4. The third kappa shape index (κ3) is 3.46. The van der Waals surface area contributed by atoms with Gasteiger partial charge in [0.1, 0.15) is 0 Å². The van der Waals surface area contributed by atoms with Crippen molar-refractivity contribution in [3.8, 4) is 5.75 Å². The second-order valence-corrected chi connectivity index (χ2v) is 4.83. The molecule has 2 rings (SSSR count). The van der Waals surface area contributed by atoms with Crippen LogP contribution < -0.4 is 4.74 Å². The van der Waals surface area contributed by atoms with Crippen molar-refractivity contribution in [3.05, 3.63) is 30.1 Å². The van der Waals surface area contributed by atoms with Crippen LogP contribution in [0.1, 0.15) is 32.6 Å². The zero-order valence-corrected chi connectivity index (χ0v) is 11.3. The van der Waals surface area contributed by atoms with E-state index in [1.807, 2.05) is 11.8 Å². The minimum Gasteiger partial charge on any atom is -0.478 e. The van der Waals surface area contributed by atoms with Gasteiger partial charge in [-0.2, -0.15) is 0 Å².